The molecule has 0 amide bonds. The van der Waals surface area contributed by atoms with E-state index in [-0.39, 0.29) is 11.8 Å². The maximum Gasteiger partial charge on any atom is 0.127 e. The SMILES string of the molecule is COc1cc(O)ccc1C1COCCN1. The van der Waals surface area contributed by atoms with Crippen LogP contribution in [0.4, 0.5) is 0 Å². The van der Waals surface area contributed by atoms with Gasteiger partial charge < -0.3 is 19.9 Å². The van der Waals surface area contributed by atoms with Crippen molar-refractivity contribution in [3.8, 4) is 11.5 Å². The van der Waals surface area contributed by atoms with Gasteiger partial charge in [-0.05, 0) is 12.1 Å². The number of methoxy groups -OCH3 is 1. The zero-order valence-corrected chi connectivity index (χ0v) is 8.69. The van der Waals surface area contributed by atoms with Gasteiger partial charge in [0.15, 0.2) is 0 Å². The molecule has 0 aliphatic carbocycles. The lowest BCUT2D eigenvalue weighted by Crippen LogP contribution is -2.34. The van der Waals surface area contributed by atoms with E-state index in [4.69, 9.17) is 9.47 Å². The molecule has 1 aliphatic rings. The summed E-state index contributed by atoms with van der Waals surface area (Å²) in [5.74, 6) is 0.908. The molecular weight excluding hydrogens is 194 g/mol. The molecule has 0 aromatic heterocycles. The molecule has 0 radical (unpaired) electrons. The molecule has 1 aliphatic heterocycles. The van der Waals surface area contributed by atoms with Crippen molar-refractivity contribution in [2.45, 2.75) is 6.04 Å². The van der Waals surface area contributed by atoms with Gasteiger partial charge >= 0.3 is 0 Å². The molecular formula is C11H15NO3. The zero-order valence-electron chi connectivity index (χ0n) is 8.69. The van der Waals surface area contributed by atoms with Gasteiger partial charge in [0.25, 0.3) is 0 Å². The van der Waals surface area contributed by atoms with Gasteiger partial charge in [0, 0.05) is 18.2 Å². The first kappa shape index (κ1) is 10.3. The minimum absolute atomic E-state index is 0.147. The van der Waals surface area contributed by atoms with Crippen LogP contribution in [0.5, 0.6) is 11.5 Å². The highest BCUT2D eigenvalue weighted by atomic mass is 16.5. The van der Waals surface area contributed by atoms with Gasteiger partial charge in [-0.25, -0.2) is 0 Å². The van der Waals surface area contributed by atoms with Crippen molar-refractivity contribution in [2.75, 3.05) is 26.9 Å². The summed E-state index contributed by atoms with van der Waals surface area (Å²) in [5, 5.41) is 12.7. The molecule has 0 spiro atoms. The lowest BCUT2D eigenvalue weighted by atomic mass is 10.1. The number of hydrogen-bond acceptors (Lipinski definition) is 4. The van der Waals surface area contributed by atoms with Gasteiger partial charge in [-0.3, -0.25) is 0 Å². The van der Waals surface area contributed by atoms with Gasteiger partial charge in [0.05, 0.1) is 26.4 Å². The Balaban J connectivity index is 2.25. The number of nitrogens with one attached hydrogen (secondary N) is 1. The minimum atomic E-state index is 0.147. The molecule has 1 aromatic carbocycles. The van der Waals surface area contributed by atoms with Crippen molar-refractivity contribution in [1.82, 2.24) is 5.32 Å². The van der Waals surface area contributed by atoms with E-state index in [1.807, 2.05) is 6.07 Å². The summed E-state index contributed by atoms with van der Waals surface area (Å²) in [4.78, 5) is 0. The summed E-state index contributed by atoms with van der Waals surface area (Å²) in [5.41, 5.74) is 1.02. The second kappa shape index (κ2) is 4.51. The first-order valence-corrected chi connectivity index (χ1v) is 4.99. The van der Waals surface area contributed by atoms with Crippen molar-refractivity contribution < 1.29 is 14.6 Å². The highest BCUT2D eigenvalue weighted by molar-refractivity contribution is 5.42. The quantitative estimate of drug-likeness (QED) is 0.764. The summed E-state index contributed by atoms with van der Waals surface area (Å²) in [7, 11) is 1.60. The summed E-state index contributed by atoms with van der Waals surface area (Å²) in [6.07, 6.45) is 0. The Labute approximate surface area is 88.8 Å². The van der Waals surface area contributed by atoms with Crippen LogP contribution in [0.1, 0.15) is 11.6 Å². The van der Waals surface area contributed by atoms with E-state index >= 15 is 0 Å². The van der Waals surface area contributed by atoms with E-state index < -0.39 is 0 Å². The van der Waals surface area contributed by atoms with Crippen LogP contribution in [0.3, 0.4) is 0 Å². The molecule has 1 fully saturated rings. The van der Waals surface area contributed by atoms with E-state index in [0.717, 1.165) is 18.7 Å². The molecule has 82 valence electrons. The number of ether oxygens (including phenoxy) is 2. The third-order valence-electron chi connectivity index (χ3n) is 2.51. The third-order valence-corrected chi connectivity index (χ3v) is 2.51. The van der Waals surface area contributed by atoms with Crippen molar-refractivity contribution >= 4 is 0 Å². The van der Waals surface area contributed by atoms with E-state index in [9.17, 15) is 5.11 Å². The van der Waals surface area contributed by atoms with Crippen molar-refractivity contribution in [1.29, 1.82) is 0 Å². The third kappa shape index (κ3) is 2.22. The number of morpholine rings is 1. The molecule has 4 heteroatoms. The Morgan fingerprint density at radius 3 is 3.07 bits per heavy atom. The molecule has 0 saturated carbocycles. The van der Waals surface area contributed by atoms with E-state index in [1.165, 1.54) is 0 Å². The number of rotatable bonds is 2. The number of hydrogen-bond donors (Lipinski definition) is 2. The lowest BCUT2D eigenvalue weighted by molar-refractivity contribution is 0.0760. The maximum absolute atomic E-state index is 9.34. The molecule has 2 rings (SSSR count). The number of benzene rings is 1. The molecule has 1 aromatic rings. The standard InChI is InChI=1S/C11H15NO3/c1-14-11-6-8(13)2-3-9(11)10-7-15-5-4-12-10/h2-3,6,10,12-13H,4-5,7H2,1H3. The molecule has 15 heavy (non-hydrogen) atoms. The van der Waals surface area contributed by atoms with Crippen LogP contribution in [-0.2, 0) is 4.74 Å². The zero-order chi connectivity index (χ0) is 10.7. The fourth-order valence-electron chi connectivity index (χ4n) is 1.75. The van der Waals surface area contributed by atoms with Gasteiger partial charge in [-0.2, -0.15) is 0 Å². The van der Waals surface area contributed by atoms with Crippen molar-refractivity contribution in [3.63, 3.8) is 0 Å². The highest BCUT2D eigenvalue weighted by Crippen LogP contribution is 2.29. The second-order valence-corrected chi connectivity index (χ2v) is 3.51. The molecule has 2 N–H and O–H groups in total. The monoisotopic (exact) mass is 209 g/mol. The molecule has 0 bridgehead atoms. The molecule has 1 saturated heterocycles. The lowest BCUT2D eigenvalue weighted by Gasteiger charge is -2.25. The molecule has 1 atom stereocenters. The summed E-state index contributed by atoms with van der Waals surface area (Å²) in [6, 6.07) is 5.29. The van der Waals surface area contributed by atoms with Gasteiger partial charge in [0.1, 0.15) is 11.5 Å². The molecule has 4 nitrogen and oxygen atoms in total. The second-order valence-electron chi connectivity index (χ2n) is 3.51. The van der Waals surface area contributed by atoms with E-state index in [0.29, 0.717) is 12.4 Å². The van der Waals surface area contributed by atoms with Crippen LogP contribution < -0.4 is 10.1 Å². The van der Waals surface area contributed by atoms with Crippen LogP contribution in [0, 0.1) is 0 Å². The Kier molecular flexibility index (Phi) is 3.08. The first-order chi connectivity index (χ1) is 7.31. The van der Waals surface area contributed by atoms with Crippen molar-refractivity contribution in [3.05, 3.63) is 23.8 Å². The van der Waals surface area contributed by atoms with E-state index in [1.54, 1.807) is 19.2 Å². The summed E-state index contributed by atoms with van der Waals surface area (Å²) in [6.45, 7) is 2.23. The van der Waals surface area contributed by atoms with Crippen LogP contribution in [0.15, 0.2) is 18.2 Å². The average molecular weight is 209 g/mol. The first-order valence-electron chi connectivity index (χ1n) is 4.99. The van der Waals surface area contributed by atoms with Gasteiger partial charge in [0.2, 0.25) is 0 Å². The predicted octanol–water partition coefficient (Wildman–Crippen LogP) is 1.06. The summed E-state index contributed by atoms with van der Waals surface area (Å²) >= 11 is 0. The van der Waals surface area contributed by atoms with Crippen molar-refractivity contribution in [2.24, 2.45) is 0 Å². The maximum atomic E-state index is 9.34. The van der Waals surface area contributed by atoms with E-state index in [2.05, 4.69) is 5.32 Å². The van der Waals surface area contributed by atoms with Gasteiger partial charge in [-0.15, -0.1) is 0 Å². The molecule has 1 unspecified atom stereocenters. The number of phenolic OH excluding ortho intramolecular Hbond substituents is 1. The normalized spacial score (nSPS) is 21.3. The van der Waals surface area contributed by atoms with Gasteiger partial charge in [-0.1, -0.05) is 0 Å². The Hall–Kier alpha value is -1.26. The fraction of sp³-hybridized carbons (Fsp3) is 0.455. The number of aromatic hydroxyl groups is 1. The van der Waals surface area contributed by atoms with Crippen LogP contribution in [0.25, 0.3) is 0 Å². The number of phenols is 1. The Morgan fingerprint density at radius 2 is 2.40 bits per heavy atom. The summed E-state index contributed by atoms with van der Waals surface area (Å²) < 4.78 is 10.6. The Bertz CT molecular complexity index is 335. The Morgan fingerprint density at radius 1 is 1.53 bits per heavy atom. The highest BCUT2D eigenvalue weighted by Gasteiger charge is 2.18. The average Bonchev–Trinajstić information content (AvgIpc) is 2.30. The smallest absolute Gasteiger partial charge is 0.127 e. The predicted molar refractivity (Wildman–Crippen MR) is 56.2 cm³/mol. The fourth-order valence-corrected chi connectivity index (χ4v) is 1.75. The van der Waals surface area contributed by atoms with Crippen LogP contribution in [-0.4, -0.2) is 32.0 Å². The van der Waals surface area contributed by atoms with Crippen LogP contribution >= 0.6 is 0 Å². The molecule has 1 heterocycles. The largest absolute Gasteiger partial charge is 0.508 e. The minimum Gasteiger partial charge on any atom is -0.508 e. The van der Waals surface area contributed by atoms with Crippen LogP contribution in [0.2, 0.25) is 0 Å². The topological polar surface area (TPSA) is 50.7 Å².